The summed E-state index contributed by atoms with van der Waals surface area (Å²) in [6, 6.07) is 0. The fourth-order valence-electron chi connectivity index (χ4n) is 2.14. The molecule has 0 aromatic rings. The van der Waals surface area contributed by atoms with Gasteiger partial charge < -0.3 is 4.90 Å². The van der Waals surface area contributed by atoms with E-state index >= 15 is 0 Å². The molecular weight excluding hydrogens is 184 g/mol. The summed E-state index contributed by atoms with van der Waals surface area (Å²) >= 11 is 0. The molecule has 2 nitrogen and oxygen atoms in total. The third kappa shape index (κ3) is 3.90. The van der Waals surface area contributed by atoms with Crippen molar-refractivity contribution in [2.75, 3.05) is 26.7 Å². The first-order valence-corrected chi connectivity index (χ1v) is 5.68. The van der Waals surface area contributed by atoms with Gasteiger partial charge in [0.25, 0.3) is 0 Å². The topological polar surface area (TPSA) is 6.25 Å². The summed E-state index contributed by atoms with van der Waals surface area (Å²) in [4.78, 5) is 2.18. The Hall–Kier alpha value is -1.05. The molecule has 1 saturated heterocycles. The number of piperidine rings is 1. The van der Waals surface area contributed by atoms with Crippen LogP contribution in [0.2, 0.25) is 0 Å². The van der Waals surface area contributed by atoms with Crippen molar-refractivity contribution < 1.29 is 4.58 Å². The van der Waals surface area contributed by atoms with E-state index in [1.807, 2.05) is 6.08 Å². The molecule has 1 aliphatic heterocycles. The largest absolute Gasteiger partial charge is 0.377 e. The monoisotopic (exact) mass is 207 g/mol. The molecule has 1 atom stereocenters. The SMILES string of the molecule is C=CCN(C)/C=C(\C)C1CCC[N+](=C)C1. The highest BCUT2D eigenvalue weighted by Gasteiger charge is 2.21. The summed E-state index contributed by atoms with van der Waals surface area (Å²) in [6.07, 6.45) is 6.74. The molecule has 0 aromatic heterocycles. The Balaban J connectivity index is 2.53. The summed E-state index contributed by atoms with van der Waals surface area (Å²) in [6.45, 7) is 13.2. The van der Waals surface area contributed by atoms with Gasteiger partial charge in [-0.2, -0.15) is 0 Å². The molecule has 0 amide bonds. The van der Waals surface area contributed by atoms with Gasteiger partial charge in [-0.3, -0.25) is 0 Å². The van der Waals surface area contributed by atoms with Gasteiger partial charge in [0.05, 0.1) is 0 Å². The first kappa shape index (κ1) is 12.0. The van der Waals surface area contributed by atoms with Gasteiger partial charge in [0.15, 0.2) is 0 Å². The van der Waals surface area contributed by atoms with Crippen molar-refractivity contribution in [3.8, 4) is 0 Å². The van der Waals surface area contributed by atoms with Crippen LogP contribution in [0.15, 0.2) is 24.4 Å². The van der Waals surface area contributed by atoms with Crippen molar-refractivity contribution >= 4 is 6.72 Å². The van der Waals surface area contributed by atoms with Crippen LogP contribution in [0.5, 0.6) is 0 Å². The van der Waals surface area contributed by atoms with Crippen LogP contribution in [0.4, 0.5) is 0 Å². The predicted octanol–water partition coefficient (Wildman–Crippen LogP) is 2.13. The maximum Gasteiger partial charge on any atom is 0.148 e. The molecule has 0 aromatic carbocycles. The molecule has 0 bridgehead atoms. The highest BCUT2D eigenvalue weighted by Crippen LogP contribution is 2.21. The number of hydrogen-bond donors (Lipinski definition) is 0. The normalized spacial score (nSPS) is 22.7. The van der Waals surface area contributed by atoms with Gasteiger partial charge in [0.2, 0.25) is 0 Å². The zero-order valence-electron chi connectivity index (χ0n) is 10.1. The minimum atomic E-state index is 0.684. The van der Waals surface area contributed by atoms with Crippen LogP contribution in [0, 0.1) is 5.92 Å². The Morgan fingerprint density at radius 3 is 2.93 bits per heavy atom. The average Bonchev–Trinajstić information content (AvgIpc) is 2.18. The molecular formula is C13H23N2+. The molecule has 1 fully saturated rings. The summed E-state index contributed by atoms with van der Waals surface area (Å²) in [5, 5.41) is 0. The first-order chi connectivity index (χ1) is 7.13. The third-order valence-corrected chi connectivity index (χ3v) is 2.99. The Labute approximate surface area is 93.6 Å². The number of nitrogens with zero attached hydrogens (tertiary/aromatic N) is 2. The van der Waals surface area contributed by atoms with Crippen LogP contribution < -0.4 is 0 Å². The number of rotatable bonds is 4. The van der Waals surface area contributed by atoms with Crippen LogP contribution in [-0.2, 0) is 0 Å². The van der Waals surface area contributed by atoms with Crippen molar-refractivity contribution in [3.63, 3.8) is 0 Å². The number of likely N-dealkylation sites (N-methyl/N-ethyl adjacent to an activating group) is 1. The first-order valence-electron chi connectivity index (χ1n) is 5.68. The maximum absolute atomic E-state index is 4.02. The Morgan fingerprint density at radius 2 is 2.33 bits per heavy atom. The standard InChI is InChI=1S/C13H23N2/c1-5-8-14(3)10-12(2)13-7-6-9-15(4)11-13/h5,10,13H,1,4,6-9,11H2,2-3H3/q+1/b12-10+. The zero-order chi connectivity index (χ0) is 11.3. The molecule has 1 unspecified atom stereocenters. The molecule has 15 heavy (non-hydrogen) atoms. The van der Waals surface area contributed by atoms with E-state index in [1.165, 1.54) is 18.4 Å². The number of hydrogen-bond acceptors (Lipinski definition) is 1. The highest BCUT2D eigenvalue weighted by molar-refractivity contribution is 5.15. The molecule has 0 radical (unpaired) electrons. The molecule has 0 aliphatic carbocycles. The summed E-state index contributed by atoms with van der Waals surface area (Å²) < 4.78 is 2.18. The van der Waals surface area contributed by atoms with Crippen molar-refractivity contribution in [3.05, 3.63) is 24.4 Å². The van der Waals surface area contributed by atoms with Crippen LogP contribution >= 0.6 is 0 Å². The van der Waals surface area contributed by atoms with Crippen molar-refractivity contribution in [2.45, 2.75) is 19.8 Å². The second-order valence-electron chi connectivity index (χ2n) is 4.52. The maximum atomic E-state index is 4.02. The minimum Gasteiger partial charge on any atom is -0.377 e. The zero-order valence-corrected chi connectivity index (χ0v) is 10.1. The summed E-state index contributed by atoms with van der Waals surface area (Å²) in [5.74, 6) is 0.684. The summed E-state index contributed by atoms with van der Waals surface area (Å²) in [7, 11) is 2.09. The fourth-order valence-corrected chi connectivity index (χ4v) is 2.14. The lowest BCUT2D eigenvalue weighted by Gasteiger charge is -2.22. The smallest absolute Gasteiger partial charge is 0.148 e. The van der Waals surface area contributed by atoms with E-state index in [-0.39, 0.29) is 0 Å². The molecule has 1 aliphatic rings. The molecule has 1 heterocycles. The van der Waals surface area contributed by atoms with E-state index in [1.54, 1.807) is 0 Å². The molecule has 0 N–H and O–H groups in total. The van der Waals surface area contributed by atoms with Gasteiger partial charge in [0, 0.05) is 25.9 Å². The molecule has 2 heteroatoms. The lowest BCUT2D eigenvalue weighted by molar-refractivity contribution is -0.535. The Kier molecular flexibility index (Phi) is 4.60. The van der Waals surface area contributed by atoms with E-state index in [0.717, 1.165) is 19.6 Å². The van der Waals surface area contributed by atoms with Gasteiger partial charge >= 0.3 is 0 Å². The van der Waals surface area contributed by atoms with Crippen molar-refractivity contribution in [1.29, 1.82) is 0 Å². The van der Waals surface area contributed by atoms with Crippen LogP contribution in [0.3, 0.4) is 0 Å². The van der Waals surface area contributed by atoms with E-state index < -0.39 is 0 Å². The Morgan fingerprint density at radius 1 is 1.60 bits per heavy atom. The minimum absolute atomic E-state index is 0.684. The predicted molar refractivity (Wildman–Crippen MR) is 66.4 cm³/mol. The van der Waals surface area contributed by atoms with E-state index in [2.05, 4.69) is 42.9 Å². The molecule has 84 valence electrons. The van der Waals surface area contributed by atoms with E-state index in [0.29, 0.717) is 5.92 Å². The van der Waals surface area contributed by atoms with Crippen LogP contribution in [-0.4, -0.2) is 42.9 Å². The molecule has 0 saturated carbocycles. The van der Waals surface area contributed by atoms with Gasteiger partial charge in [-0.25, -0.2) is 4.58 Å². The molecule has 0 spiro atoms. The fraction of sp³-hybridized carbons (Fsp3) is 0.615. The van der Waals surface area contributed by atoms with Crippen molar-refractivity contribution in [1.82, 2.24) is 4.90 Å². The van der Waals surface area contributed by atoms with Gasteiger partial charge in [-0.1, -0.05) is 6.08 Å². The second kappa shape index (κ2) is 5.74. The summed E-state index contributed by atoms with van der Waals surface area (Å²) in [5.41, 5.74) is 1.47. The van der Waals surface area contributed by atoms with E-state index in [4.69, 9.17) is 0 Å². The average molecular weight is 207 g/mol. The third-order valence-electron chi connectivity index (χ3n) is 2.99. The van der Waals surface area contributed by atoms with Gasteiger partial charge in [-0.05, 0) is 25.1 Å². The highest BCUT2D eigenvalue weighted by atomic mass is 15.1. The lowest BCUT2D eigenvalue weighted by Crippen LogP contribution is -2.28. The van der Waals surface area contributed by atoms with E-state index in [9.17, 15) is 0 Å². The lowest BCUT2D eigenvalue weighted by atomic mass is 9.92. The van der Waals surface area contributed by atoms with Gasteiger partial charge in [-0.15, -0.1) is 6.58 Å². The quantitative estimate of drug-likeness (QED) is 0.505. The Bertz CT molecular complexity index is 266. The van der Waals surface area contributed by atoms with Crippen LogP contribution in [0.1, 0.15) is 19.8 Å². The second-order valence-corrected chi connectivity index (χ2v) is 4.52. The van der Waals surface area contributed by atoms with Crippen molar-refractivity contribution in [2.24, 2.45) is 5.92 Å². The molecule has 1 rings (SSSR count). The van der Waals surface area contributed by atoms with Crippen LogP contribution in [0.25, 0.3) is 0 Å². The van der Waals surface area contributed by atoms with Gasteiger partial charge in [0.1, 0.15) is 19.8 Å².